The zero-order chi connectivity index (χ0) is 13.2. The maximum absolute atomic E-state index is 2.28. The Bertz CT molecular complexity index is 648. The van der Waals surface area contributed by atoms with E-state index in [1.807, 2.05) is 0 Å². The molecule has 0 spiro atoms. The summed E-state index contributed by atoms with van der Waals surface area (Å²) in [6, 6.07) is 19.2. The zero-order valence-electron chi connectivity index (χ0n) is 11.3. The van der Waals surface area contributed by atoms with Gasteiger partial charge in [-0.25, -0.2) is 0 Å². The Morgan fingerprint density at radius 1 is 0.789 bits per heavy atom. The molecule has 2 aromatic carbocycles. The molecular formula is C18H17N. The molecule has 0 aromatic heterocycles. The summed E-state index contributed by atoms with van der Waals surface area (Å²) in [6.07, 6.45) is 4.45. The predicted octanol–water partition coefficient (Wildman–Crippen LogP) is 4.03. The van der Waals surface area contributed by atoms with Crippen LogP contribution in [-0.4, -0.2) is 19.0 Å². The van der Waals surface area contributed by atoms with Gasteiger partial charge in [0, 0.05) is 20.3 Å². The van der Waals surface area contributed by atoms with E-state index in [4.69, 9.17) is 0 Å². The molecule has 0 radical (unpaired) electrons. The minimum Gasteiger partial charge on any atom is -0.383 e. The maximum Gasteiger partial charge on any atom is 0.00651 e. The molecular weight excluding hydrogens is 230 g/mol. The van der Waals surface area contributed by atoms with Gasteiger partial charge in [0.1, 0.15) is 0 Å². The summed E-state index contributed by atoms with van der Waals surface area (Å²) in [5.74, 6) is 0. The fourth-order valence-electron chi connectivity index (χ4n) is 2.52. The molecule has 19 heavy (non-hydrogen) atoms. The largest absolute Gasteiger partial charge is 0.383 e. The lowest BCUT2D eigenvalue weighted by molar-refractivity contribution is 0.566. The summed E-state index contributed by atoms with van der Waals surface area (Å²) in [5.41, 5.74) is 6.50. The lowest BCUT2D eigenvalue weighted by Gasteiger charge is -2.07. The summed E-state index contributed by atoms with van der Waals surface area (Å²) in [7, 11) is 4.12. The van der Waals surface area contributed by atoms with Gasteiger partial charge in [-0.15, -0.1) is 0 Å². The summed E-state index contributed by atoms with van der Waals surface area (Å²) in [4.78, 5) is 2.09. The van der Waals surface area contributed by atoms with Gasteiger partial charge in [-0.05, 0) is 33.9 Å². The van der Waals surface area contributed by atoms with Crippen LogP contribution in [0.5, 0.6) is 0 Å². The first kappa shape index (κ1) is 11.8. The SMILES string of the molecule is CN(C)/C=C1\C=C(c2ccccc2)c2ccccc21. The highest BCUT2D eigenvalue weighted by Crippen LogP contribution is 2.38. The van der Waals surface area contributed by atoms with Crippen molar-refractivity contribution >= 4 is 11.1 Å². The molecule has 0 saturated heterocycles. The Hall–Kier alpha value is -2.28. The maximum atomic E-state index is 2.28. The quantitative estimate of drug-likeness (QED) is 0.774. The van der Waals surface area contributed by atoms with Crippen LogP contribution in [0.15, 0.2) is 66.9 Å². The second-order valence-corrected chi connectivity index (χ2v) is 5.02. The van der Waals surface area contributed by atoms with E-state index in [1.54, 1.807) is 0 Å². The smallest absolute Gasteiger partial charge is 0.00651 e. The number of nitrogens with zero attached hydrogens (tertiary/aromatic N) is 1. The topological polar surface area (TPSA) is 3.24 Å². The molecule has 1 aliphatic carbocycles. The molecule has 3 rings (SSSR count). The molecule has 0 saturated carbocycles. The average Bonchev–Trinajstić information content (AvgIpc) is 2.78. The van der Waals surface area contributed by atoms with Crippen LogP contribution in [0.1, 0.15) is 16.7 Å². The molecule has 1 nitrogen and oxygen atoms in total. The van der Waals surface area contributed by atoms with Crippen molar-refractivity contribution in [1.29, 1.82) is 0 Å². The minimum atomic E-state index is 1.28. The number of benzene rings is 2. The molecule has 0 amide bonds. The number of hydrogen-bond acceptors (Lipinski definition) is 1. The van der Waals surface area contributed by atoms with Crippen LogP contribution in [0, 0.1) is 0 Å². The van der Waals surface area contributed by atoms with Crippen LogP contribution in [0.3, 0.4) is 0 Å². The Labute approximate surface area is 114 Å². The van der Waals surface area contributed by atoms with Crippen LogP contribution < -0.4 is 0 Å². The summed E-state index contributed by atoms with van der Waals surface area (Å²) >= 11 is 0. The van der Waals surface area contributed by atoms with Gasteiger partial charge >= 0.3 is 0 Å². The van der Waals surface area contributed by atoms with E-state index in [9.17, 15) is 0 Å². The van der Waals surface area contributed by atoms with E-state index in [0.717, 1.165) is 0 Å². The van der Waals surface area contributed by atoms with Gasteiger partial charge in [0.15, 0.2) is 0 Å². The molecule has 2 aromatic rings. The first-order valence-electron chi connectivity index (χ1n) is 6.51. The van der Waals surface area contributed by atoms with E-state index >= 15 is 0 Å². The molecule has 94 valence electrons. The summed E-state index contributed by atoms with van der Waals surface area (Å²) in [5, 5.41) is 0. The predicted molar refractivity (Wildman–Crippen MR) is 81.6 cm³/mol. The van der Waals surface area contributed by atoms with Crippen molar-refractivity contribution in [1.82, 2.24) is 4.90 Å². The van der Waals surface area contributed by atoms with Gasteiger partial charge in [-0.2, -0.15) is 0 Å². The Morgan fingerprint density at radius 2 is 1.42 bits per heavy atom. The molecule has 0 aliphatic heterocycles. The van der Waals surface area contributed by atoms with Crippen molar-refractivity contribution in [3.05, 3.63) is 83.6 Å². The molecule has 0 atom stereocenters. The minimum absolute atomic E-state index is 1.28. The zero-order valence-corrected chi connectivity index (χ0v) is 11.3. The Balaban J connectivity index is 2.16. The molecule has 0 heterocycles. The highest BCUT2D eigenvalue weighted by Gasteiger charge is 2.18. The molecule has 1 heteroatoms. The van der Waals surface area contributed by atoms with E-state index in [2.05, 4.69) is 85.9 Å². The Kier molecular flexibility index (Phi) is 2.96. The molecule has 1 aliphatic rings. The van der Waals surface area contributed by atoms with Gasteiger partial charge in [-0.3, -0.25) is 0 Å². The highest BCUT2D eigenvalue weighted by atomic mass is 15.0. The number of rotatable bonds is 2. The fourth-order valence-corrected chi connectivity index (χ4v) is 2.52. The van der Waals surface area contributed by atoms with Gasteiger partial charge in [0.05, 0.1) is 0 Å². The Morgan fingerprint density at radius 3 is 2.11 bits per heavy atom. The van der Waals surface area contributed by atoms with Gasteiger partial charge in [-0.1, -0.05) is 54.6 Å². The number of hydrogen-bond donors (Lipinski definition) is 0. The normalized spacial score (nSPS) is 15.3. The second kappa shape index (κ2) is 4.77. The van der Waals surface area contributed by atoms with E-state index in [0.29, 0.717) is 0 Å². The van der Waals surface area contributed by atoms with Gasteiger partial charge in [0.25, 0.3) is 0 Å². The lowest BCUT2D eigenvalue weighted by atomic mass is 9.99. The lowest BCUT2D eigenvalue weighted by Crippen LogP contribution is -2.01. The third kappa shape index (κ3) is 2.19. The van der Waals surface area contributed by atoms with Crippen molar-refractivity contribution < 1.29 is 0 Å². The molecule has 0 unspecified atom stereocenters. The second-order valence-electron chi connectivity index (χ2n) is 5.02. The monoisotopic (exact) mass is 247 g/mol. The molecule has 0 bridgehead atoms. The van der Waals surface area contributed by atoms with Gasteiger partial charge in [0.2, 0.25) is 0 Å². The van der Waals surface area contributed by atoms with E-state index < -0.39 is 0 Å². The summed E-state index contributed by atoms with van der Waals surface area (Å²) in [6.45, 7) is 0. The third-order valence-electron chi connectivity index (χ3n) is 3.31. The third-order valence-corrected chi connectivity index (χ3v) is 3.31. The molecule has 0 N–H and O–H groups in total. The fraction of sp³-hybridized carbons (Fsp3) is 0.111. The van der Waals surface area contributed by atoms with Crippen molar-refractivity contribution in [2.75, 3.05) is 14.1 Å². The van der Waals surface area contributed by atoms with Crippen LogP contribution in [0.2, 0.25) is 0 Å². The van der Waals surface area contributed by atoms with Gasteiger partial charge < -0.3 is 4.90 Å². The first-order valence-corrected chi connectivity index (χ1v) is 6.51. The van der Waals surface area contributed by atoms with Crippen LogP contribution in [0.4, 0.5) is 0 Å². The van der Waals surface area contributed by atoms with Crippen molar-refractivity contribution in [3.63, 3.8) is 0 Å². The standard InChI is InChI=1S/C18H17N/c1-19(2)13-15-12-18(14-8-4-3-5-9-14)17-11-7-6-10-16(15)17/h3-13H,1-2H3/b15-13+. The highest BCUT2D eigenvalue weighted by molar-refractivity contribution is 6.00. The van der Waals surface area contributed by atoms with Crippen molar-refractivity contribution in [3.8, 4) is 0 Å². The average molecular weight is 247 g/mol. The molecule has 0 fully saturated rings. The van der Waals surface area contributed by atoms with E-state index in [1.165, 1.54) is 27.8 Å². The van der Waals surface area contributed by atoms with Crippen molar-refractivity contribution in [2.45, 2.75) is 0 Å². The number of fused-ring (bicyclic) bond motifs is 1. The van der Waals surface area contributed by atoms with E-state index in [-0.39, 0.29) is 0 Å². The van der Waals surface area contributed by atoms with Crippen LogP contribution in [0.25, 0.3) is 11.1 Å². The van der Waals surface area contributed by atoms with Crippen molar-refractivity contribution in [2.24, 2.45) is 0 Å². The van der Waals surface area contributed by atoms with Crippen LogP contribution >= 0.6 is 0 Å². The number of allylic oxidation sites excluding steroid dienone is 2. The summed E-state index contributed by atoms with van der Waals surface area (Å²) < 4.78 is 0. The first-order chi connectivity index (χ1) is 9.25. The van der Waals surface area contributed by atoms with Crippen LogP contribution in [-0.2, 0) is 0 Å².